The third-order valence-electron chi connectivity index (χ3n) is 3.36. The topological polar surface area (TPSA) is 109 Å². The van der Waals surface area contributed by atoms with E-state index in [1.807, 2.05) is 13.0 Å². The number of carboxylic acids is 1. The molecule has 0 spiro atoms. The van der Waals surface area contributed by atoms with Crippen molar-refractivity contribution in [3.63, 3.8) is 0 Å². The van der Waals surface area contributed by atoms with Crippen molar-refractivity contribution in [3.8, 4) is 11.5 Å². The fourth-order valence-corrected chi connectivity index (χ4v) is 2.05. The molecule has 0 radical (unpaired) electrons. The van der Waals surface area contributed by atoms with Crippen LogP contribution in [0, 0.1) is 0 Å². The summed E-state index contributed by atoms with van der Waals surface area (Å²) in [6, 6.07) is 13.2. The first kappa shape index (κ1) is 19.8. The van der Waals surface area contributed by atoms with Crippen LogP contribution >= 0.6 is 0 Å². The van der Waals surface area contributed by atoms with Crippen molar-refractivity contribution in [2.45, 2.75) is 20.0 Å². The Kier molecular flexibility index (Phi) is 7.18. The standard InChI is InChI=1S/C19H21N3O5/c1-3-26-17-7-5-4-6-16(17)21-19(25)22-20-12-14-8-10-15(11-9-14)27-13(2)18(23)24/h4-13H,3H2,1-2H3,(H,23,24)(H2,21,22,25)/b20-12+/t13-/m1/s1. The van der Waals surface area contributed by atoms with Gasteiger partial charge < -0.3 is 19.9 Å². The second kappa shape index (κ2) is 9.81. The number of nitrogens with zero attached hydrogens (tertiary/aromatic N) is 1. The minimum atomic E-state index is -1.04. The molecule has 2 rings (SSSR count). The van der Waals surface area contributed by atoms with Crippen molar-refractivity contribution in [3.05, 3.63) is 54.1 Å². The van der Waals surface area contributed by atoms with E-state index in [2.05, 4.69) is 15.8 Å². The minimum Gasteiger partial charge on any atom is -0.492 e. The van der Waals surface area contributed by atoms with Crippen molar-refractivity contribution < 1.29 is 24.2 Å². The van der Waals surface area contributed by atoms with E-state index in [9.17, 15) is 9.59 Å². The summed E-state index contributed by atoms with van der Waals surface area (Å²) in [6.45, 7) is 3.80. The maximum atomic E-state index is 11.9. The quantitative estimate of drug-likeness (QED) is 0.488. The number of hydrogen-bond donors (Lipinski definition) is 3. The Morgan fingerprint density at radius 3 is 2.56 bits per heavy atom. The summed E-state index contributed by atoms with van der Waals surface area (Å²) in [5, 5.41) is 15.3. The molecule has 2 aromatic rings. The summed E-state index contributed by atoms with van der Waals surface area (Å²) in [7, 11) is 0. The zero-order valence-corrected chi connectivity index (χ0v) is 15.0. The van der Waals surface area contributed by atoms with Crippen LogP contribution in [0.2, 0.25) is 0 Å². The van der Waals surface area contributed by atoms with Crippen LogP contribution in [-0.2, 0) is 4.79 Å². The lowest BCUT2D eigenvalue weighted by Gasteiger charge is -2.10. The van der Waals surface area contributed by atoms with Crippen LogP contribution in [0.25, 0.3) is 0 Å². The van der Waals surface area contributed by atoms with Crippen LogP contribution in [-0.4, -0.2) is 36.0 Å². The van der Waals surface area contributed by atoms with E-state index in [0.29, 0.717) is 29.4 Å². The number of carboxylic acid groups (broad SMARTS) is 1. The molecule has 0 aliphatic heterocycles. The average Bonchev–Trinajstić information content (AvgIpc) is 2.65. The second-order valence-electron chi connectivity index (χ2n) is 5.42. The highest BCUT2D eigenvalue weighted by Crippen LogP contribution is 2.23. The molecular weight excluding hydrogens is 350 g/mol. The number of anilines is 1. The zero-order valence-electron chi connectivity index (χ0n) is 15.0. The lowest BCUT2D eigenvalue weighted by molar-refractivity contribution is -0.144. The largest absolute Gasteiger partial charge is 0.492 e. The Balaban J connectivity index is 1.88. The Morgan fingerprint density at radius 2 is 1.89 bits per heavy atom. The molecule has 0 aromatic heterocycles. The second-order valence-corrected chi connectivity index (χ2v) is 5.42. The van der Waals surface area contributed by atoms with E-state index in [-0.39, 0.29) is 0 Å². The lowest BCUT2D eigenvalue weighted by atomic mass is 10.2. The summed E-state index contributed by atoms with van der Waals surface area (Å²) in [5.41, 5.74) is 3.62. The van der Waals surface area contributed by atoms with Crippen molar-refractivity contribution in [2.24, 2.45) is 5.10 Å². The first-order chi connectivity index (χ1) is 13.0. The predicted molar refractivity (Wildman–Crippen MR) is 102 cm³/mol. The molecule has 8 heteroatoms. The molecule has 8 nitrogen and oxygen atoms in total. The summed E-state index contributed by atoms with van der Waals surface area (Å²) in [4.78, 5) is 22.7. The van der Waals surface area contributed by atoms with E-state index in [4.69, 9.17) is 14.6 Å². The number of nitrogens with one attached hydrogen (secondary N) is 2. The summed E-state index contributed by atoms with van der Waals surface area (Å²) >= 11 is 0. The highest BCUT2D eigenvalue weighted by atomic mass is 16.5. The molecule has 2 amide bonds. The molecule has 27 heavy (non-hydrogen) atoms. The van der Waals surface area contributed by atoms with Gasteiger partial charge in [-0.15, -0.1) is 0 Å². The molecule has 142 valence electrons. The number of hydrogen-bond acceptors (Lipinski definition) is 5. The number of para-hydroxylation sites is 2. The number of carbonyl (C=O) groups excluding carboxylic acids is 1. The van der Waals surface area contributed by atoms with Gasteiger partial charge in [-0.25, -0.2) is 15.0 Å². The van der Waals surface area contributed by atoms with Crippen LogP contribution in [0.5, 0.6) is 11.5 Å². The van der Waals surface area contributed by atoms with Crippen LogP contribution in [0.4, 0.5) is 10.5 Å². The normalized spacial score (nSPS) is 11.6. The summed E-state index contributed by atoms with van der Waals surface area (Å²) < 4.78 is 10.7. The maximum absolute atomic E-state index is 11.9. The third-order valence-corrected chi connectivity index (χ3v) is 3.36. The number of rotatable bonds is 8. The maximum Gasteiger partial charge on any atom is 0.344 e. The smallest absolute Gasteiger partial charge is 0.344 e. The van der Waals surface area contributed by atoms with E-state index < -0.39 is 18.1 Å². The summed E-state index contributed by atoms with van der Waals surface area (Å²) in [5.74, 6) is -0.0349. The number of benzene rings is 2. The van der Waals surface area contributed by atoms with Gasteiger partial charge in [0.1, 0.15) is 11.5 Å². The van der Waals surface area contributed by atoms with Crippen molar-refractivity contribution in [1.29, 1.82) is 0 Å². The first-order valence-corrected chi connectivity index (χ1v) is 8.31. The third kappa shape index (κ3) is 6.35. The highest BCUT2D eigenvalue weighted by molar-refractivity contribution is 5.91. The Hall–Kier alpha value is -3.55. The highest BCUT2D eigenvalue weighted by Gasteiger charge is 2.11. The van der Waals surface area contributed by atoms with Gasteiger partial charge in [-0.3, -0.25) is 0 Å². The van der Waals surface area contributed by atoms with Crippen molar-refractivity contribution >= 4 is 23.9 Å². The van der Waals surface area contributed by atoms with Crippen LogP contribution in [0.1, 0.15) is 19.4 Å². The van der Waals surface area contributed by atoms with Crippen LogP contribution in [0.15, 0.2) is 53.6 Å². The molecule has 0 bridgehead atoms. The van der Waals surface area contributed by atoms with Gasteiger partial charge in [0.25, 0.3) is 0 Å². The fraction of sp³-hybridized carbons (Fsp3) is 0.211. The molecule has 1 atom stereocenters. The Labute approximate surface area is 156 Å². The zero-order chi connectivity index (χ0) is 19.6. The molecule has 0 aliphatic rings. The molecule has 3 N–H and O–H groups in total. The molecule has 0 heterocycles. The molecule has 0 fully saturated rings. The van der Waals surface area contributed by atoms with Gasteiger partial charge in [-0.05, 0) is 55.8 Å². The minimum absolute atomic E-state index is 0.431. The monoisotopic (exact) mass is 371 g/mol. The number of amides is 2. The van der Waals surface area contributed by atoms with Gasteiger partial charge >= 0.3 is 12.0 Å². The molecule has 0 saturated heterocycles. The van der Waals surface area contributed by atoms with Crippen LogP contribution in [0.3, 0.4) is 0 Å². The van der Waals surface area contributed by atoms with Gasteiger partial charge in [0.2, 0.25) is 0 Å². The SMILES string of the molecule is CCOc1ccccc1NC(=O)N/N=C/c1ccc(O[C@H](C)C(=O)O)cc1. The van der Waals surface area contributed by atoms with E-state index in [0.717, 1.165) is 0 Å². The fourth-order valence-electron chi connectivity index (χ4n) is 2.05. The summed E-state index contributed by atoms with van der Waals surface area (Å²) in [6.07, 6.45) is 0.521. The molecular formula is C19H21N3O5. The molecule has 0 unspecified atom stereocenters. The van der Waals surface area contributed by atoms with Gasteiger partial charge in [-0.1, -0.05) is 12.1 Å². The lowest BCUT2D eigenvalue weighted by Crippen LogP contribution is -2.24. The number of hydrazone groups is 1. The van der Waals surface area contributed by atoms with Gasteiger partial charge in [0, 0.05) is 0 Å². The average molecular weight is 371 g/mol. The molecule has 0 aliphatic carbocycles. The Bertz CT molecular complexity index is 805. The van der Waals surface area contributed by atoms with E-state index >= 15 is 0 Å². The van der Waals surface area contributed by atoms with Gasteiger partial charge in [0.15, 0.2) is 6.10 Å². The van der Waals surface area contributed by atoms with E-state index in [1.165, 1.54) is 13.1 Å². The van der Waals surface area contributed by atoms with Gasteiger partial charge in [0.05, 0.1) is 18.5 Å². The van der Waals surface area contributed by atoms with Crippen molar-refractivity contribution in [1.82, 2.24) is 5.43 Å². The van der Waals surface area contributed by atoms with E-state index in [1.54, 1.807) is 42.5 Å². The number of ether oxygens (including phenoxy) is 2. The first-order valence-electron chi connectivity index (χ1n) is 8.31. The van der Waals surface area contributed by atoms with Gasteiger partial charge in [-0.2, -0.15) is 5.10 Å². The van der Waals surface area contributed by atoms with Crippen molar-refractivity contribution in [2.75, 3.05) is 11.9 Å². The number of urea groups is 1. The molecule has 0 saturated carbocycles. The molecule has 2 aromatic carbocycles. The predicted octanol–water partition coefficient (Wildman–Crippen LogP) is 3.09. The Morgan fingerprint density at radius 1 is 1.19 bits per heavy atom. The number of aliphatic carboxylic acids is 1. The van der Waals surface area contributed by atoms with Crippen LogP contribution < -0.4 is 20.2 Å². The number of carbonyl (C=O) groups is 2.